The number of aromatic nitrogens is 2. The number of carbonyl (C=O) groups is 1. The Balaban J connectivity index is 2.01. The maximum Gasteiger partial charge on any atom is 0.323 e. The Hall–Kier alpha value is -2.30. The van der Waals surface area contributed by atoms with Crippen LogP contribution in [0.25, 0.3) is 0 Å². The molecule has 0 atom stereocenters. The Bertz CT molecular complexity index is 686. The highest BCUT2D eigenvalue weighted by Gasteiger charge is 2.09. The molecule has 2 rings (SSSR count). The van der Waals surface area contributed by atoms with Gasteiger partial charge in [0.1, 0.15) is 5.69 Å². The second-order valence-electron chi connectivity index (χ2n) is 3.60. The van der Waals surface area contributed by atoms with Crippen molar-refractivity contribution in [3.05, 3.63) is 44.3 Å². The van der Waals surface area contributed by atoms with Crippen LogP contribution in [0.2, 0.25) is 0 Å². The first-order valence-electron chi connectivity index (χ1n) is 5.52. The lowest BCUT2D eigenvalue weighted by atomic mass is 10.2. The van der Waals surface area contributed by atoms with Crippen molar-refractivity contribution in [2.24, 2.45) is 5.73 Å². The van der Waals surface area contributed by atoms with Crippen LogP contribution >= 0.6 is 11.3 Å². The fourth-order valence-corrected chi connectivity index (χ4v) is 2.22. The van der Waals surface area contributed by atoms with Crippen LogP contribution < -0.4 is 16.7 Å². The average Bonchev–Trinajstić information content (AvgIpc) is 3.02. The summed E-state index contributed by atoms with van der Waals surface area (Å²) < 4.78 is 0. The molecule has 0 aliphatic rings. The maximum absolute atomic E-state index is 11.7. The molecule has 19 heavy (non-hydrogen) atoms. The van der Waals surface area contributed by atoms with E-state index in [0.29, 0.717) is 13.1 Å². The van der Waals surface area contributed by atoms with Gasteiger partial charge < -0.3 is 21.0 Å². The predicted octanol–water partition coefficient (Wildman–Crippen LogP) is 0.00470. The van der Waals surface area contributed by atoms with Crippen molar-refractivity contribution in [2.45, 2.75) is 6.54 Å². The Labute approximate surface area is 113 Å². The molecule has 0 bridgehead atoms. The number of H-pyrrole nitrogens is 2. The molecule has 0 fully saturated rings. The summed E-state index contributed by atoms with van der Waals surface area (Å²) in [7, 11) is 0. The van der Waals surface area contributed by atoms with E-state index >= 15 is 0 Å². The third-order valence-electron chi connectivity index (χ3n) is 2.32. The molecule has 6 nitrogen and oxygen atoms in total. The molecule has 0 spiro atoms. The van der Waals surface area contributed by atoms with E-state index in [1.165, 1.54) is 17.5 Å². The van der Waals surface area contributed by atoms with Crippen LogP contribution in [0.3, 0.4) is 0 Å². The monoisotopic (exact) mass is 276 g/mol. The highest BCUT2D eigenvalue weighted by molar-refractivity contribution is 7.10. The van der Waals surface area contributed by atoms with E-state index in [9.17, 15) is 9.59 Å². The van der Waals surface area contributed by atoms with Crippen molar-refractivity contribution in [1.82, 2.24) is 15.3 Å². The van der Waals surface area contributed by atoms with Crippen molar-refractivity contribution in [1.29, 1.82) is 0 Å². The number of imidazole rings is 1. The van der Waals surface area contributed by atoms with Crippen LogP contribution in [0.1, 0.15) is 20.9 Å². The van der Waals surface area contributed by atoms with Gasteiger partial charge in [-0.25, -0.2) is 4.79 Å². The number of hydrogen-bond acceptors (Lipinski definition) is 4. The summed E-state index contributed by atoms with van der Waals surface area (Å²) >= 11 is 1.50. The summed E-state index contributed by atoms with van der Waals surface area (Å²) in [6.07, 6.45) is 1.33. The lowest BCUT2D eigenvalue weighted by molar-refractivity contribution is 0.0946. The second kappa shape index (κ2) is 6.04. The van der Waals surface area contributed by atoms with Crippen molar-refractivity contribution in [2.75, 3.05) is 6.54 Å². The SMILES string of the molecule is NCC#Cc1ccsc1CNC(=O)c1c[nH]c(=O)[nH]1. The molecule has 98 valence electrons. The van der Waals surface area contributed by atoms with Crippen LogP contribution in [0, 0.1) is 11.8 Å². The van der Waals surface area contributed by atoms with E-state index in [4.69, 9.17) is 5.73 Å². The van der Waals surface area contributed by atoms with Crippen molar-refractivity contribution in [3.63, 3.8) is 0 Å². The Morgan fingerprint density at radius 3 is 3.05 bits per heavy atom. The number of nitrogens with one attached hydrogen (secondary N) is 3. The van der Waals surface area contributed by atoms with Gasteiger partial charge in [0.2, 0.25) is 0 Å². The highest BCUT2D eigenvalue weighted by Crippen LogP contribution is 2.15. The number of aromatic amines is 2. The first kappa shape index (κ1) is 13.1. The summed E-state index contributed by atoms with van der Waals surface area (Å²) in [6.45, 7) is 0.657. The van der Waals surface area contributed by atoms with Gasteiger partial charge in [-0.05, 0) is 11.4 Å². The van der Waals surface area contributed by atoms with Gasteiger partial charge in [0.25, 0.3) is 5.91 Å². The Morgan fingerprint density at radius 2 is 2.37 bits per heavy atom. The van der Waals surface area contributed by atoms with Crippen LogP contribution in [-0.2, 0) is 6.54 Å². The molecule has 0 unspecified atom stereocenters. The quantitative estimate of drug-likeness (QED) is 0.593. The van der Waals surface area contributed by atoms with Gasteiger partial charge in [-0.15, -0.1) is 11.3 Å². The standard InChI is InChI=1S/C12H12N4O2S/c13-4-1-2-8-3-5-19-10(8)7-14-11(17)9-6-15-12(18)16-9/h3,5-6H,4,7,13H2,(H,14,17)(H2,15,16,18). The van der Waals surface area contributed by atoms with Gasteiger partial charge >= 0.3 is 5.69 Å². The number of carbonyl (C=O) groups excluding carboxylic acids is 1. The molecule has 7 heteroatoms. The third-order valence-corrected chi connectivity index (χ3v) is 3.24. The topological polar surface area (TPSA) is 104 Å². The normalized spacial score (nSPS) is 9.74. The molecule has 0 saturated carbocycles. The van der Waals surface area contributed by atoms with Gasteiger partial charge in [-0.2, -0.15) is 0 Å². The third kappa shape index (κ3) is 3.34. The van der Waals surface area contributed by atoms with Gasteiger partial charge in [-0.1, -0.05) is 11.8 Å². The summed E-state index contributed by atoms with van der Waals surface area (Å²) in [5, 5.41) is 4.62. The van der Waals surface area contributed by atoms with E-state index in [-0.39, 0.29) is 11.6 Å². The molecule has 0 aliphatic heterocycles. The Morgan fingerprint density at radius 1 is 1.53 bits per heavy atom. The summed E-state index contributed by atoms with van der Waals surface area (Å²) in [4.78, 5) is 28.3. The van der Waals surface area contributed by atoms with Gasteiger partial charge in [-0.3, -0.25) is 4.79 Å². The number of nitrogens with two attached hydrogens (primary N) is 1. The first-order valence-corrected chi connectivity index (χ1v) is 6.40. The zero-order chi connectivity index (χ0) is 13.7. The van der Waals surface area contributed by atoms with E-state index < -0.39 is 5.69 Å². The molecule has 1 amide bonds. The van der Waals surface area contributed by atoms with Crippen LogP contribution in [0.5, 0.6) is 0 Å². The average molecular weight is 276 g/mol. The van der Waals surface area contributed by atoms with Crippen LogP contribution in [-0.4, -0.2) is 22.4 Å². The largest absolute Gasteiger partial charge is 0.346 e. The van der Waals surface area contributed by atoms with E-state index in [2.05, 4.69) is 27.1 Å². The molecular weight excluding hydrogens is 264 g/mol. The number of hydrogen-bond donors (Lipinski definition) is 4. The molecule has 0 aromatic carbocycles. The van der Waals surface area contributed by atoms with Gasteiger partial charge in [0, 0.05) is 16.6 Å². The summed E-state index contributed by atoms with van der Waals surface area (Å²) in [6, 6.07) is 1.88. The second-order valence-corrected chi connectivity index (χ2v) is 4.60. The lowest BCUT2D eigenvalue weighted by Gasteiger charge is -2.01. The molecule has 5 N–H and O–H groups in total. The lowest BCUT2D eigenvalue weighted by Crippen LogP contribution is -2.23. The van der Waals surface area contributed by atoms with Crippen molar-refractivity contribution in [3.8, 4) is 11.8 Å². The summed E-state index contributed by atoms with van der Waals surface area (Å²) in [5.41, 5.74) is 5.98. The molecule has 0 aliphatic carbocycles. The smallest absolute Gasteiger partial charge is 0.323 e. The minimum atomic E-state index is -0.407. The number of rotatable bonds is 3. The molecule has 0 saturated heterocycles. The predicted molar refractivity (Wildman–Crippen MR) is 72.8 cm³/mol. The van der Waals surface area contributed by atoms with Gasteiger partial charge in [0.15, 0.2) is 0 Å². The van der Waals surface area contributed by atoms with E-state index in [0.717, 1.165) is 10.4 Å². The van der Waals surface area contributed by atoms with Gasteiger partial charge in [0.05, 0.1) is 13.1 Å². The van der Waals surface area contributed by atoms with Crippen LogP contribution in [0.4, 0.5) is 0 Å². The van der Waals surface area contributed by atoms with E-state index in [1.807, 2.05) is 11.4 Å². The van der Waals surface area contributed by atoms with Crippen LogP contribution in [0.15, 0.2) is 22.4 Å². The van der Waals surface area contributed by atoms with E-state index in [1.54, 1.807) is 0 Å². The molecule has 2 aromatic rings. The highest BCUT2D eigenvalue weighted by atomic mass is 32.1. The maximum atomic E-state index is 11.7. The number of thiophene rings is 1. The minimum absolute atomic E-state index is 0.205. The number of amides is 1. The Kier molecular flexibility index (Phi) is 4.18. The zero-order valence-corrected chi connectivity index (χ0v) is 10.8. The van der Waals surface area contributed by atoms with Crippen molar-refractivity contribution < 1.29 is 4.79 Å². The zero-order valence-electron chi connectivity index (χ0n) is 9.95. The molecule has 0 radical (unpaired) electrons. The summed E-state index contributed by atoms with van der Waals surface area (Å²) in [5.74, 6) is 5.37. The minimum Gasteiger partial charge on any atom is -0.346 e. The molecule has 2 heterocycles. The van der Waals surface area contributed by atoms with Crippen molar-refractivity contribution >= 4 is 17.2 Å². The molecule has 2 aromatic heterocycles. The fourth-order valence-electron chi connectivity index (χ4n) is 1.45. The fraction of sp³-hybridized carbons (Fsp3) is 0.167. The molecular formula is C12H12N4O2S. The first-order chi connectivity index (χ1) is 9.20.